The molecule has 0 radical (unpaired) electrons. The lowest BCUT2D eigenvalue weighted by Crippen LogP contribution is -2.56. The van der Waals surface area contributed by atoms with Gasteiger partial charge in [0.2, 0.25) is 17.7 Å². The number of aliphatic hydroxyl groups excluding tert-OH is 1. The van der Waals surface area contributed by atoms with E-state index in [2.05, 4.69) is 25.0 Å². The fourth-order valence-corrected chi connectivity index (χ4v) is 10.5. The number of unbranched alkanes of at least 4 members (excludes halogenated alkanes) is 3. The summed E-state index contributed by atoms with van der Waals surface area (Å²) >= 11 is 1.73. The fraction of sp³-hybridized carbons (Fsp3) is 0.639. The summed E-state index contributed by atoms with van der Waals surface area (Å²) in [6.07, 6.45) is 8.26. The fourth-order valence-electron chi connectivity index (χ4n) is 8.17. The third kappa shape index (κ3) is 6.96. The number of aliphatic hydroxyl groups is 1. The van der Waals surface area contributed by atoms with Gasteiger partial charge < -0.3 is 24.5 Å². The zero-order valence-electron chi connectivity index (χ0n) is 27.5. The molecule has 0 saturated carbocycles. The molecule has 0 aromatic heterocycles. The lowest BCUT2D eigenvalue weighted by atomic mass is 9.66. The van der Waals surface area contributed by atoms with Gasteiger partial charge in [0, 0.05) is 63.7 Å². The van der Waals surface area contributed by atoms with Crippen LogP contribution < -0.4 is 0 Å². The summed E-state index contributed by atoms with van der Waals surface area (Å²) in [6, 6.07) is 9.31. The molecule has 1 spiro atoms. The number of nitrogens with zero attached hydrogens (tertiary/aromatic N) is 4. The SMILES string of the molecule is C=CCN(CCN1CCOCC1)C(=O)C1N(CCCCCCO)C(=O)[C@@H]2[C@H](C(=O)N(CC=C)Cc3ccccc3)[C@]3(C)CCC12S3. The van der Waals surface area contributed by atoms with E-state index in [-0.39, 0.29) is 24.3 Å². The molecule has 3 amide bonds. The number of carbonyl (C=O) groups is 3. The van der Waals surface area contributed by atoms with Crippen molar-refractivity contribution in [2.45, 2.75) is 67.5 Å². The highest BCUT2D eigenvalue weighted by molar-refractivity contribution is 8.02. The first kappa shape index (κ1) is 34.7. The number of hydrogen-bond acceptors (Lipinski definition) is 7. The molecule has 252 valence electrons. The topological polar surface area (TPSA) is 93.6 Å². The molecule has 4 fully saturated rings. The molecule has 5 atom stereocenters. The molecule has 2 bridgehead atoms. The quantitative estimate of drug-likeness (QED) is 0.203. The molecule has 1 aromatic rings. The molecule has 4 saturated heterocycles. The minimum atomic E-state index is -0.653. The van der Waals surface area contributed by atoms with Gasteiger partial charge in [-0.1, -0.05) is 55.3 Å². The van der Waals surface area contributed by atoms with E-state index < -0.39 is 27.4 Å². The van der Waals surface area contributed by atoms with Crippen molar-refractivity contribution in [3.8, 4) is 0 Å². The van der Waals surface area contributed by atoms with E-state index in [9.17, 15) is 19.5 Å². The van der Waals surface area contributed by atoms with Gasteiger partial charge in [0.1, 0.15) is 6.04 Å². The Labute approximate surface area is 279 Å². The van der Waals surface area contributed by atoms with Crippen LogP contribution in [0, 0.1) is 11.8 Å². The molecule has 1 N–H and O–H groups in total. The number of benzene rings is 1. The second-order valence-electron chi connectivity index (χ2n) is 13.4. The Morgan fingerprint density at radius 2 is 1.70 bits per heavy atom. The summed E-state index contributed by atoms with van der Waals surface area (Å²) in [5.74, 6) is -1.18. The highest BCUT2D eigenvalue weighted by Gasteiger charge is 2.77. The van der Waals surface area contributed by atoms with E-state index in [1.807, 2.05) is 45.0 Å². The summed E-state index contributed by atoms with van der Waals surface area (Å²) in [7, 11) is 0. The van der Waals surface area contributed by atoms with E-state index in [1.54, 1.807) is 23.9 Å². The molecule has 46 heavy (non-hydrogen) atoms. The molecular weight excluding hydrogens is 600 g/mol. The van der Waals surface area contributed by atoms with Gasteiger partial charge >= 0.3 is 0 Å². The van der Waals surface area contributed by atoms with Crippen molar-refractivity contribution in [2.24, 2.45) is 11.8 Å². The standard InChI is InChI=1S/C36H52N4O5S/c1-4-17-38(21-20-37-22-25-45-26-23-37)34(44)31-36-16-15-35(3,46-36)29(30(36)33(43)40(31)19-11-6-7-12-24-41)32(42)39(18-5-2)27-28-13-9-8-10-14-28/h4-5,8-10,13-14,29-31,41H,1-2,6-7,11-12,15-27H2,3H3/t29-,30+,31?,35+,36?/m1/s1. The summed E-state index contributed by atoms with van der Waals surface area (Å²) < 4.78 is 4.43. The molecule has 4 aliphatic heterocycles. The number of morpholine rings is 1. The third-order valence-corrected chi connectivity index (χ3v) is 12.4. The predicted octanol–water partition coefficient (Wildman–Crippen LogP) is 3.58. The Bertz CT molecular complexity index is 1240. The lowest BCUT2D eigenvalue weighted by molar-refractivity contribution is -0.146. The monoisotopic (exact) mass is 652 g/mol. The summed E-state index contributed by atoms with van der Waals surface area (Å²) in [6.45, 7) is 16.2. The summed E-state index contributed by atoms with van der Waals surface area (Å²) in [5, 5.41) is 9.27. The lowest BCUT2D eigenvalue weighted by Gasteiger charge is -2.38. The van der Waals surface area contributed by atoms with Gasteiger partial charge in [-0.15, -0.1) is 24.9 Å². The molecular formula is C36H52N4O5S. The molecule has 9 nitrogen and oxygen atoms in total. The van der Waals surface area contributed by atoms with Crippen LogP contribution in [0.3, 0.4) is 0 Å². The van der Waals surface area contributed by atoms with E-state index in [4.69, 9.17) is 4.74 Å². The number of amides is 3. The second kappa shape index (κ2) is 15.5. The van der Waals surface area contributed by atoms with Gasteiger partial charge in [0.05, 0.1) is 29.8 Å². The first-order chi connectivity index (χ1) is 22.3. The van der Waals surface area contributed by atoms with Crippen molar-refractivity contribution >= 4 is 29.5 Å². The number of thioether (sulfide) groups is 1. The number of ether oxygens (including phenoxy) is 1. The number of rotatable bonds is 17. The van der Waals surface area contributed by atoms with Crippen LogP contribution in [0.5, 0.6) is 0 Å². The Morgan fingerprint density at radius 1 is 1.00 bits per heavy atom. The van der Waals surface area contributed by atoms with Crippen LogP contribution in [0.4, 0.5) is 0 Å². The van der Waals surface area contributed by atoms with Crippen molar-refractivity contribution < 1.29 is 24.2 Å². The highest BCUT2D eigenvalue weighted by atomic mass is 32.2. The van der Waals surface area contributed by atoms with Crippen LogP contribution in [-0.2, 0) is 25.7 Å². The molecule has 2 unspecified atom stereocenters. The number of hydrogen-bond donors (Lipinski definition) is 1. The van der Waals surface area contributed by atoms with Crippen molar-refractivity contribution in [1.82, 2.24) is 19.6 Å². The van der Waals surface area contributed by atoms with Crippen LogP contribution >= 0.6 is 11.8 Å². The van der Waals surface area contributed by atoms with E-state index in [0.717, 1.165) is 63.7 Å². The zero-order chi connectivity index (χ0) is 32.7. The van der Waals surface area contributed by atoms with Gasteiger partial charge in [0.15, 0.2) is 0 Å². The number of carbonyl (C=O) groups excluding carboxylic acids is 3. The minimum absolute atomic E-state index is 0.0232. The minimum Gasteiger partial charge on any atom is -0.396 e. The van der Waals surface area contributed by atoms with Crippen LogP contribution in [0.1, 0.15) is 51.0 Å². The maximum absolute atomic E-state index is 14.8. The third-order valence-electron chi connectivity index (χ3n) is 10.4. The Kier molecular flexibility index (Phi) is 11.7. The predicted molar refractivity (Wildman–Crippen MR) is 182 cm³/mol. The summed E-state index contributed by atoms with van der Waals surface area (Å²) in [5.41, 5.74) is 1.03. The van der Waals surface area contributed by atoms with E-state index in [0.29, 0.717) is 45.9 Å². The smallest absolute Gasteiger partial charge is 0.247 e. The maximum atomic E-state index is 14.8. The number of fused-ring (bicyclic) bond motifs is 1. The van der Waals surface area contributed by atoms with Gasteiger partial charge in [-0.3, -0.25) is 19.3 Å². The van der Waals surface area contributed by atoms with Crippen molar-refractivity contribution in [3.05, 3.63) is 61.2 Å². The van der Waals surface area contributed by atoms with Crippen LogP contribution in [0.25, 0.3) is 0 Å². The van der Waals surface area contributed by atoms with E-state index >= 15 is 0 Å². The van der Waals surface area contributed by atoms with Crippen molar-refractivity contribution in [1.29, 1.82) is 0 Å². The maximum Gasteiger partial charge on any atom is 0.247 e. The largest absolute Gasteiger partial charge is 0.396 e. The molecule has 0 aliphatic carbocycles. The summed E-state index contributed by atoms with van der Waals surface area (Å²) in [4.78, 5) is 51.9. The molecule has 5 rings (SSSR count). The Balaban J connectivity index is 1.45. The highest BCUT2D eigenvalue weighted by Crippen LogP contribution is 2.71. The van der Waals surface area contributed by atoms with Crippen molar-refractivity contribution in [3.63, 3.8) is 0 Å². The normalized spacial score (nSPS) is 28.7. The van der Waals surface area contributed by atoms with Crippen LogP contribution in [0.2, 0.25) is 0 Å². The average Bonchev–Trinajstić information content (AvgIpc) is 3.63. The van der Waals surface area contributed by atoms with Crippen molar-refractivity contribution in [2.75, 3.05) is 65.6 Å². The average molecular weight is 653 g/mol. The van der Waals surface area contributed by atoms with Gasteiger partial charge in [-0.2, -0.15) is 0 Å². The molecule has 1 aromatic carbocycles. The zero-order valence-corrected chi connectivity index (χ0v) is 28.3. The van der Waals surface area contributed by atoms with Gasteiger partial charge in [0.25, 0.3) is 0 Å². The van der Waals surface area contributed by atoms with E-state index in [1.165, 1.54) is 0 Å². The number of likely N-dealkylation sites (tertiary alicyclic amines) is 1. The van der Waals surface area contributed by atoms with Gasteiger partial charge in [-0.25, -0.2) is 0 Å². The van der Waals surface area contributed by atoms with Crippen LogP contribution in [0.15, 0.2) is 55.6 Å². The van der Waals surface area contributed by atoms with Gasteiger partial charge in [-0.05, 0) is 38.2 Å². The van der Waals surface area contributed by atoms with Crippen LogP contribution in [-0.4, -0.2) is 124 Å². The first-order valence-corrected chi connectivity index (χ1v) is 17.9. The first-order valence-electron chi connectivity index (χ1n) is 17.0. The molecule has 10 heteroatoms. The Morgan fingerprint density at radius 3 is 2.39 bits per heavy atom. The molecule has 4 aliphatic rings. The second-order valence-corrected chi connectivity index (χ2v) is 15.3. The Hall–Kier alpha value is -2.66. The molecule has 4 heterocycles.